The summed E-state index contributed by atoms with van der Waals surface area (Å²) in [6, 6.07) is 61.0. The van der Waals surface area contributed by atoms with Gasteiger partial charge in [-0.25, -0.2) is 0 Å². The predicted molar refractivity (Wildman–Crippen MR) is 292 cm³/mol. The highest BCUT2D eigenvalue weighted by Gasteiger charge is 2.40. The third-order valence-corrected chi connectivity index (χ3v) is 12.7. The molecule has 74 heavy (non-hydrogen) atoms. The van der Waals surface area contributed by atoms with Gasteiger partial charge in [-0.05, 0) is 52.1 Å². The van der Waals surface area contributed by atoms with E-state index in [1.807, 2.05) is 206 Å². The summed E-state index contributed by atoms with van der Waals surface area (Å²) in [4.78, 5) is 33.3. The van der Waals surface area contributed by atoms with Gasteiger partial charge in [-0.3, -0.25) is 14.5 Å². The predicted octanol–water partition coefficient (Wildman–Crippen LogP) is 13.9. The molecule has 0 radical (unpaired) electrons. The van der Waals surface area contributed by atoms with E-state index in [0.717, 1.165) is 38.5 Å². The number of aromatic nitrogens is 2. The first-order valence-corrected chi connectivity index (χ1v) is 24.8. The van der Waals surface area contributed by atoms with E-state index in [0.29, 0.717) is 76.4 Å². The average Bonchev–Trinajstić information content (AvgIpc) is 4.06. The topological polar surface area (TPSA) is 124 Å². The molecule has 0 aliphatic carbocycles. The van der Waals surface area contributed by atoms with Crippen LogP contribution in [0.1, 0.15) is 62.4 Å². The number of imide groups is 1. The number of aliphatic hydroxyl groups is 1. The van der Waals surface area contributed by atoms with Gasteiger partial charge in [0.25, 0.3) is 11.8 Å². The zero-order valence-electron chi connectivity index (χ0n) is 42.0. The van der Waals surface area contributed by atoms with Gasteiger partial charge in [0.1, 0.15) is 37.9 Å². The Kier molecular flexibility index (Phi) is 16.1. The number of hydrogen-bond acceptors (Lipinski definition) is 8. The van der Waals surface area contributed by atoms with Crippen LogP contribution in [0.4, 0.5) is 0 Å². The molecule has 3 heterocycles. The number of H-pyrrole nitrogens is 1. The van der Waals surface area contributed by atoms with E-state index in [-0.39, 0.29) is 37.2 Å². The Hall–Kier alpha value is -8.64. The number of carbonyl (C=O) groups excluding carboxylic acids is 2. The van der Waals surface area contributed by atoms with Gasteiger partial charge in [0, 0.05) is 47.8 Å². The van der Waals surface area contributed by atoms with Gasteiger partial charge < -0.3 is 38.3 Å². The van der Waals surface area contributed by atoms with Crippen LogP contribution < -0.4 is 9.47 Å². The van der Waals surface area contributed by atoms with Crippen LogP contribution in [0.15, 0.2) is 200 Å². The lowest BCUT2D eigenvalue weighted by Gasteiger charge is -2.16. The zero-order valence-corrected chi connectivity index (χ0v) is 42.0. The number of aromatic amines is 1. The number of fused-ring (bicyclic) bond motifs is 10. The summed E-state index contributed by atoms with van der Waals surface area (Å²) in [6.07, 6.45) is 0. The Morgan fingerprint density at radius 3 is 1.53 bits per heavy atom. The van der Waals surface area contributed by atoms with Crippen LogP contribution in [0.5, 0.6) is 11.5 Å². The van der Waals surface area contributed by atoms with Crippen molar-refractivity contribution in [3.8, 4) is 11.5 Å². The van der Waals surface area contributed by atoms with E-state index in [2.05, 4.69) is 4.98 Å². The number of rotatable bonds is 17. The first kappa shape index (κ1) is 50.3. The minimum absolute atomic E-state index is 0.00311. The molecular formula is C63H59N3O8. The highest BCUT2D eigenvalue weighted by molar-refractivity contribution is 6.39. The molecule has 0 saturated carbocycles. The minimum atomic E-state index is -0.400. The summed E-state index contributed by atoms with van der Waals surface area (Å²) in [5.74, 6) is 0.655. The Bertz CT molecular complexity index is 3540. The van der Waals surface area contributed by atoms with E-state index < -0.39 is 5.91 Å². The van der Waals surface area contributed by atoms with Crippen LogP contribution in [-0.2, 0) is 53.8 Å². The van der Waals surface area contributed by atoms with Gasteiger partial charge in [-0.2, -0.15) is 0 Å². The molecule has 1 aliphatic heterocycles. The van der Waals surface area contributed by atoms with Gasteiger partial charge >= 0.3 is 0 Å². The molecule has 0 atom stereocenters. The Morgan fingerprint density at radius 2 is 1.00 bits per heavy atom. The second-order valence-corrected chi connectivity index (χ2v) is 17.6. The van der Waals surface area contributed by atoms with Crippen molar-refractivity contribution in [3.05, 3.63) is 239 Å². The quantitative estimate of drug-likeness (QED) is 0.0683. The maximum Gasteiger partial charge on any atom is 0.262 e. The lowest BCUT2D eigenvalue weighted by Crippen LogP contribution is -2.24. The first-order valence-electron chi connectivity index (χ1n) is 24.8. The van der Waals surface area contributed by atoms with E-state index in [1.165, 1.54) is 17.5 Å². The molecule has 1 aliphatic rings. The molecule has 0 bridgehead atoms. The summed E-state index contributed by atoms with van der Waals surface area (Å²) in [5, 5.41) is 15.0. The summed E-state index contributed by atoms with van der Waals surface area (Å²) in [5.41, 5.74) is 8.50. The lowest BCUT2D eigenvalue weighted by molar-refractivity contribution is 0.0694. The molecule has 2 amide bonds. The Labute approximate surface area is 430 Å². The van der Waals surface area contributed by atoms with Crippen molar-refractivity contribution >= 4 is 55.4 Å². The summed E-state index contributed by atoms with van der Waals surface area (Å²) in [7, 11) is 3.22. The van der Waals surface area contributed by atoms with Gasteiger partial charge in [-0.1, -0.05) is 166 Å². The number of ether oxygens (including phenoxy) is 5. The van der Waals surface area contributed by atoms with Crippen LogP contribution in [0.2, 0.25) is 0 Å². The molecule has 11 heteroatoms. The second-order valence-electron chi connectivity index (χ2n) is 17.6. The number of nitrogens with one attached hydrogen (secondary N) is 1. The van der Waals surface area contributed by atoms with Crippen LogP contribution in [0.25, 0.3) is 43.6 Å². The third kappa shape index (κ3) is 11.0. The smallest absolute Gasteiger partial charge is 0.262 e. The largest absolute Gasteiger partial charge is 0.507 e. The molecule has 2 N–H and O–H groups in total. The van der Waals surface area contributed by atoms with Crippen LogP contribution >= 0.6 is 0 Å². The number of aliphatic hydroxyl groups excluding tert-OH is 1. The number of methoxy groups -OCH3 is 1. The average molecular weight is 986 g/mol. The van der Waals surface area contributed by atoms with Crippen molar-refractivity contribution < 1.29 is 38.4 Å². The fourth-order valence-electron chi connectivity index (χ4n) is 9.15. The van der Waals surface area contributed by atoms with Gasteiger partial charge in [0.05, 0.1) is 53.0 Å². The summed E-state index contributed by atoms with van der Waals surface area (Å²) < 4.78 is 32.0. The Balaban J connectivity index is 0.000000549. The fourth-order valence-corrected chi connectivity index (χ4v) is 9.15. The van der Waals surface area contributed by atoms with Crippen molar-refractivity contribution in [2.24, 2.45) is 0 Å². The van der Waals surface area contributed by atoms with E-state index in [1.54, 1.807) is 7.11 Å². The molecular weight excluding hydrogens is 927 g/mol. The van der Waals surface area contributed by atoms with E-state index in [4.69, 9.17) is 23.7 Å². The van der Waals surface area contributed by atoms with Crippen molar-refractivity contribution in [2.75, 3.05) is 20.8 Å². The molecule has 11 rings (SSSR count). The number of allylic oxidation sites excluding steroid dienone is 1. The number of amides is 2. The molecule has 0 spiro atoms. The van der Waals surface area contributed by atoms with Crippen LogP contribution in [0, 0.1) is 0 Å². The van der Waals surface area contributed by atoms with Crippen molar-refractivity contribution in [2.45, 2.75) is 53.4 Å². The summed E-state index contributed by atoms with van der Waals surface area (Å²) in [6.45, 7) is 5.87. The van der Waals surface area contributed by atoms with Gasteiger partial charge in [0.15, 0.2) is 11.5 Å². The molecule has 0 fully saturated rings. The van der Waals surface area contributed by atoms with E-state index in [9.17, 15) is 14.7 Å². The number of hydrogen-bond donors (Lipinski definition) is 2. The molecule has 374 valence electrons. The van der Waals surface area contributed by atoms with Crippen LogP contribution in [-0.4, -0.2) is 52.1 Å². The highest BCUT2D eigenvalue weighted by atomic mass is 16.5. The maximum atomic E-state index is 14.3. The van der Waals surface area contributed by atoms with E-state index >= 15 is 0 Å². The molecule has 0 saturated heterocycles. The number of nitrogens with zero attached hydrogens (tertiary/aromatic N) is 2. The first-order chi connectivity index (χ1) is 36.3. The molecule has 0 unspecified atom stereocenters. The standard InChI is InChI=1S/C53H43N3O7.C8H10O.C2H6/c1-55-52(58)48-46-40-24-22-38(61-30-35-16-8-3-9-17-35)26-42(40)54-50(46)51-47(49(48)53(55)59)41-25-23-39(62-31-36-18-10-4-11-19-36)27-43(41)56(51)28-44(57)45(63-32-37-20-12-5-13-21-37)33-60-29-34-14-6-2-7-15-34;1-9-7-8-5-3-2-4-6-8;1-2/h2-27,54,57H,28-33H2,1H3;2-6H,7H2,1H3;1-2H3/b45-44+;;. The maximum absolute atomic E-state index is 14.3. The van der Waals surface area contributed by atoms with Gasteiger partial charge in [-0.15, -0.1) is 0 Å². The lowest BCUT2D eigenvalue weighted by atomic mass is 9.96. The number of benzene rings is 8. The van der Waals surface area contributed by atoms with Crippen molar-refractivity contribution in [1.29, 1.82) is 0 Å². The third-order valence-electron chi connectivity index (χ3n) is 12.7. The highest BCUT2D eigenvalue weighted by Crippen LogP contribution is 2.46. The fraction of sp³-hybridized carbons (Fsp3) is 0.175. The SMILES string of the molecule is CC.CN1C(=O)c2c(c3c4ccc(OCc5ccccc5)cc4n(C/C(O)=C(/COCc4ccccc4)OCc4ccccc4)c3c3[nH]c4cc(OCc5ccccc5)ccc4c23)C1=O.COCc1ccccc1. The normalized spacial score (nSPS) is 12.3. The minimum Gasteiger partial charge on any atom is -0.507 e. The molecule has 10 aromatic rings. The Morgan fingerprint density at radius 1 is 0.541 bits per heavy atom. The van der Waals surface area contributed by atoms with Crippen LogP contribution in [0.3, 0.4) is 0 Å². The molecule has 8 aromatic carbocycles. The summed E-state index contributed by atoms with van der Waals surface area (Å²) >= 11 is 0. The van der Waals surface area contributed by atoms with Crippen molar-refractivity contribution in [1.82, 2.24) is 14.5 Å². The number of carbonyl (C=O) groups is 2. The van der Waals surface area contributed by atoms with Crippen molar-refractivity contribution in [3.63, 3.8) is 0 Å². The molecule has 11 nitrogen and oxygen atoms in total. The van der Waals surface area contributed by atoms with Gasteiger partial charge in [0.2, 0.25) is 0 Å². The zero-order chi connectivity index (χ0) is 51.4. The monoisotopic (exact) mass is 985 g/mol. The second kappa shape index (κ2) is 23.7. The molecule has 2 aromatic heterocycles.